The summed E-state index contributed by atoms with van der Waals surface area (Å²) in [5, 5.41) is 0. The molecule has 0 heterocycles. The lowest BCUT2D eigenvalue weighted by molar-refractivity contribution is -0.132. The Morgan fingerprint density at radius 3 is 2.55 bits per heavy atom. The smallest absolute Gasteiger partial charge is 0.224 e. The second-order valence-corrected chi connectivity index (χ2v) is 4.77. The molecule has 1 aromatic rings. The van der Waals surface area contributed by atoms with Crippen LogP contribution in [-0.4, -0.2) is 50.8 Å². The van der Waals surface area contributed by atoms with Crippen molar-refractivity contribution in [2.45, 2.75) is 18.9 Å². The van der Waals surface area contributed by atoms with Crippen LogP contribution in [0.2, 0.25) is 0 Å². The number of methoxy groups -OCH3 is 1. The first-order valence-corrected chi connectivity index (χ1v) is 6.92. The van der Waals surface area contributed by atoms with Gasteiger partial charge in [0.1, 0.15) is 11.6 Å². The number of nitrogens with zero attached hydrogens (tertiary/aromatic N) is 1. The Kier molecular flexibility index (Phi) is 10.5. The molecule has 7 heteroatoms. The van der Waals surface area contributed by atoms with E-state index >= 15 is 0 Å². The minimum absolute atomic E-state index is 0. The standard InChI is InChI=1S/C15H23FN2O3.ClH/c1-18(15(19)10-14(11-17)20-2)8-3-9-21-13-6-4-12(16)5-7-13;/h4-7,14H,3,8-11,17H2,1-2H3;1H. The van der Waals surface area contributed by atoms with Gasteiger partial charge in [-0.25, -0.2) is 4.39 Å². The van der Waals surface area contributed by atoms with Crippen LogP contribution >= 0.6 is 12.4 Å². The Labute approximate surface area is 137 Å². The van der Waals surface area contributed by atoms with Gasteiger partial charge in [0.05, 0.1) is 19.1 Å². The summed E-state index contributed by atoms with van der Waals surface area (Å²) < 4.78 is 23.3. The van der Waals surface area contributed by atoms with E-state index in [2.05, 4.69) is 0 Å². The Hall–Kier alpha value is -1.37. The van der Waals surface area contributed by atoms with Crippen LogP contribution in [0.25, 0.3) is 0 Å². The number of carbonyl (C=O) groups excluding carboxylic acids is 1. The van der Waals surface area contributed by atoms with E-state index in [0.717, 1.165) is 0 Å². The summed E-state index contributed by atoms with van der Waals surface area (Å²) in [7, 11) is 3.28. The molecule has 0 radical (unpaired) electrons. The van der Waals surface area contributed by atoms with Crippen LogP contribution < -0.4 is 10.5 Å². The van der Waals surface area contributed by atoms with Gasteiger partial charge < -0.3 is 20.1 Å². The third kappa shape index (κ3) is 7.59. The Morgan fingerprint density at radius 1 is 1.36 bits per heavy atom. The van der Waals surface area contributed by atoms with Gasteiger partial charge in [0.25, 0.3) is 0 Å². The fraction of sp³-hybridized carbons (Fsp3) is 0.533. The molecule has 0 aromatic heterocycles. The molecule has 0 saturated heterocycles. The molecule has 0 bridgehead atoms. The van der Waals surface area contributed by atoms with Crippen molar-refractivity contribution in [3.05, 3.63) is 30.1 Å². The highest BCUT2D eigenvalue weighted by Crippen LogP contribution is 2.11. The van der Waals surface area contributed by atoms with Gasteiger partial charge in [-0.2, -0.15) is 0 Å². The summed E-state index contributed by atoms with van der Waals surface area (Å²) in [5.41, 5.74) is 5.49. The summed E-state index contributed by atoms with van der Waals surface area (Å²) in [6.07, 6.45) is 0.734. The zero-order valence-corrected chi connectivity index (χ0v) is 13.8. The molecule has 0 spiro atoms. The largest absolute Gasteiger partial charge is 0.494 e. The molecule has 0 fully saturated rings. The summed E-state index contributed by atoms with van der Waals surface area (Å²) in [4.78, 5) is 13.5. The number of amides is 1. The van der Waals surface area contributed by atoms with Crippen molar-refractivity contribution in [3.8, 4) is 5.75 Å². The summed E-state index contributed by atoms with van der Waals surface area (Å²) in [5.74, 6) is 0.322. The van der Waals surface area contributed by atoms with E-state index in [1.165, 1.54) is 12.1 Å². The summed E-state index contributed by atoms with van der Waals surface area (Å²) in [6, 6.07) is 5.86. The lowest BCUT2D eigenvalue weighted by Crippen LogP contribution is -2.34. The van der Waals surface area contributed by atoms with Crippen molar-refractivity contribution >= 4 is 18.3 Å². The average Bonchev–Trinajstić information content (AvgIpc) is 2.50. The minimum atomic E-state index is -0.291. The van der Waals surface area contributed by atoms with Crippen LogP contribution in [0.5, 0.6) is 5.75 Å². The second-order valence-electron chi connectivity index (χ2n) is 4.77. The van der Waals surface area contributed by atoms with Crippen LogP contribution in [0.3, 0.4) is 0 Å². The number of hydrogen-bond donors (Lipinski definition) is 1. The number of hydrogen-bond acceptors (Lipinski definition) is 4. The number of rotatable bonds is 9. The maximum absolute atomic E-state index is 12.7. The van der Waals surface area contributed by atoms with Crippen LogP contribution in [0.15, 0.2) is 24.3 Å². The summed E-state index contributed by atoms with van der Waals surface area (Å²) in [6.45, 7) is 1.37. The van der Waals surface area contributed by atoms with Crippen LogP contribution in [0, 0.1) is 5.82 Å². The van der Waals surface area contributed by atoms with Crippen LogP contribution in [0.4, 0.5) is 4.39 Å². The molecular formula is C15H24ClFN2O3. The molecule has 22 heavy (non-hydrogen) atoms. The molecule has 2 N–H and O–H groups in total. The van der Waals surface area contributed by atoms with Crippen molar-refractivity contribution in [2.75, 3.05) is 33.9 Å². The number of halogens is 2. The topological polar surface area (TPSA) is 64.8 Å². The average molecular weight is 335 g/mol. The third-order valence-corrected chi connectivity index (χ3v) is 3.14. The zero-order chi connectivity index (χ0) is 15.7. The lowest BCUT2D eigenvalue weighted by atomic mass is 10.2. The van der Waals surface area contributed by atoms with Gasteiger partial charge >= 0.3 is 0 Å². The van der Waals surface area contributed by atoms with Crippen molar-refractivity contribution in [1.29, 1.82) is 0 Å². The molecule has 1 unspecified atom stereocenters. The van der Waals surface area contributed by atoms with Gasteiger partial charge in [-0.05, 0) is 30.7 Å². The van der Waals surface area contributed by atoms with Gasteiger partial charge in [0, 0.05) is 27.2 Å². The highest BCUT2D eigenvalue weighted by Gasteiger charge is 2.14. The maximum atomic E-state index is 12.7. The first-order valence-electron chi connectivity index (χ1n) is 6.92. The molecule has 1 aromatic carbocycles. The molecule has 126 valence electrons. The fourth-order valence-corrected chi connectivity index (χ4v) is 1.76. The highest BCUT2D eigenvalue weighted by atomic mass is 35.5. The number of nitrogens with two attached hydrogens (primary N) is 1. The van der Waals surface area contributed by atoms with E-state index in [-0.39, 0.29) is 36.7 Å². The molecule has 0 aliphatic rings. The van der Waals surface area contributed by atoms with Crippen LogP contribution in [-0.2, 0) is 9.53 Å². The van der Waals surface area contributed by atoms with Gasteiger partial charge in [0.2, 0.25) is 5.91 Å². The fourth-order valence-electron chi connectivity index (χ4n) is 1.76. The van der Waals surface area contributed by atoms with Gasteiger partial charge in [-0.1, -0.05) is 0 Å². The summed E-state index contributed by atoms with van der Waals surface area (Å²) >= 11 is 0. The van der Waals surface area contributed by atoms with E-state index in [0.29, 0.717) is 31.9 Å². The Morgan fingerprint density at radius 2 is 2.00 bits per heavy atom. The molecule has 0 saturated carbocycles. The monoisotopic (exact) mass is 334 g/mol. The van der Waals surface area contributed by atoms with Crippen LogP contribution in [0.1, 0.15) is 12.8 Å². The maximum Gasteiger partial charge on any atom is 0.224 e. The van der Waals surface area contributed by atoms with Crippen molar-refractivity contribution in [3.63, 3.8) is 0 Å². The molecular weight excluding hydrogens is 311 g/mol. The lowest BCUT2D eigenvalue weighted by Gasteiger charge is -2.20. The molecule has 0 aliphatic heterocycles. The Balaban J connectivity index is 0.00000441. The predicted molar refractivity (Wildman–Crippen MR) is 85.9 cm³/mol. The SMILES string of the molecule is COC(CN)CC(=O)N(C)CCCOc1ccc(F)cc1.Cl. The predicted octanol–water partition coefficient (Wildman–Crippen LogP) is 1.84. The second kappa shape index (κ2) is 11.2. The normalized spacial score (nSPS) is 11.5. The number of ether oxygens (including phenoxy) is 2. The number of benzene rings is 1. The first-order chi connectivity index (χ1) is 10.1. The van der Waals surface area contributed by atoms with Gasteiger partial charge in [-0.15, -0.1) is 12.4 Å². The van der Waals surface area contributed by atoms with Crippen molar-refractivity contribution < 1.29 is 18.7 Å². The van der Waals surface area contributed by atoms with E-state index in [1.807, 2.05) is 0 Å². The van der Waals surface area contributed by atoms with Gasteiger partial charge in [-0.3, -0.25) is 4.79 Å². The van der Waals surface area contributed by atoms with E-state index < -0.39 is 0 Å². The van der Waals surface area contributed by atoms with Crippen molar-refractivity contribution in [1.82, 2.24) is 4.90 Å². The first kappa shape index (κ1) is 20.6. The molecule has 1 atom stereocenters. The highest BCUT2D eigenvalue weighted by molar-refractivity contribution is 5.85. The van der Waals surface area contributed by atoms with E-state index in [1.54, 1.807) is 31.2 Å². The van der Waals surface area contributed by atoms with Crippen molar-refractivity contribution in [2.24, 2.45) is 5.73 Å². The number of carbonyl (C=O) groups is 1. The minimum Gasteiger partial charge on any atom is -0.494 e. The molecule has 1 rings (SSSR count). The molecule has 5 nitrogen and oxygen atoms in total. The van der Waals surface area contributed by atoms with Gasteiger partial charge in [0.15, 0.2) is 0 Å². The molecule has 0 aliphatic carbocycles. The molecule has 1 amide bonds. The zero-order valence-electron chi connectivity index (χ0n) is 13.0. The third-order valence-electron chi connectivity index (χ3n) is 3.14. The Bertz CT molecular complexity index is 427. The van der Waals surface area contributed by atoms with E-state index in [4.69, 9.17) is 15.2 Å². The quantitative estimate of drug-likeness (QED) is 0.700. The van der Waals surface area contributed by atoms with E-state index in [9.17, 15) is 9.18 Å².